The monoisotopic (exact) mass is 386 g/mol. The topological polar surface area (TPSA) is 63.2 Å². The van der Waals surface area contributed by atoms with Crippen molar-refractivity contribution in [3.63, 3.8) is 0 Å². The normalized spacial score (nSPS) is 16.8. The fourth-order valence-corrected chi connectivity index (χ4v) is 1.49. The van der Waals surface area contributed by atoms with Gasteiger partial charge in [-0.3, -0.25) is 4.52 Å². The minimum atomic E-state index is -5.30. The van der Waals surface area contributed by atoms with Crippen molar-refractivity contribution < 1.29 is 63.4 Å². The van der Waals surface area contributed by atoms with Crippen LogP contribution < -0.4 is 0 Å². The van der Waals surface area contributed by atoms with E-state index in [1.807, 2.05) is 0 Å². The quantitative estimate of drug-likeness (QED) is 0.356. The van der Waals surface area contributed by atoms with Crippen LogP contribution in [0.15, 0.2) is 0 Å². The first-order valence-corrected chi connectivity index (χ1v) is 7.04. The molecule has 0 rings (SSSR count). The minimum Gasteiger partial charge on any atom is -0.343 e. The highest BCUT2D eigenvalue weighted by Crippen LogP contribution is 2.50. The SMILES string of the molecule is O=P(OF)(OF)OCC(COC(F)C(F)F)COC(F)C(F)F. The molecule has 15 heteroatoms. The fourth-order valence-electron chi connectivity index (χ4n) is 0.993. The van der Waals surface area contributed by atoms with Gasteiger partial charge >= 0.3 is 7.82 Å². The summed E-state index contributed by atoms with van der Waals surface area (Å²) in [7, 11) is -5.30. The zero-order valence-electron chi connectivity index (χ0n) is 10.9. The Hall–Kier alpha value is -0.530. The van der Waals surface area contributed by atoms with Gasteiger partial charge in [-0.15, -0.1) is 0 Å². The second-order valence-electron chi connectivity index (χ2n) is 3.78. The summed E-state index contributed by atoms with van der Waals surface area (Å²) in [4.78, 5) is 0. The first-order valence-electron chi connectivity index (χ1n) is 5.58. The summed E-state index contributed by atoms with van der Waals surface area (Å²) in [6.07, 6.45) is -13.3. The van der Waals surface area contributed by atoms with Crippen LogP contribution >= 0.6 is 7.82 Å². The Labute approximate surface area is 124 Å². The van der Waals surface area contributed by atoms with Gasteiger partial charge in [-0.05, 0) is 9.05 Å². The summed E-state index contributed by atoms with van der Waals surface area (Å²) >= 11 is 0. The Morgan fingerprint density at radius 3 is 1.43 bits per heavy atom. The number of hydrogen-bond acceptors (Lipinski definition) is 6. The summed E-state index contributed by atoms with van der Waals surface area (Å²) in [6.45, 7) is -3.20. The Morgan fingerprint density at radius 2 is 1.13 bits per heavy atom. The van der Waals surface area contributed by atoms with Gasteiger partial charge in [-0.25, -0.2) is 30.9 Å². The summed E-state index contributed by atoms with van der Waals surface area (Å²) < 4.78 is 124. The molecule has 140 valence electrons. The molecule has 0 amide bonds. The summed E-state index contributed by atoms with van der Waals surface area (Å²) in [6, 6.07) is 0. The molecule has 0 aliphatic carbocycles. The first-order chi connectivity index (χ1) is 10.6. The van der Waals surface area contributed by atoms with Crippen LogP contribution in [0.2, 0.25) is 0 Å². The van der Waals surface area contributed by atoms with E-state index < -0.39 is 59.1 Å². The van der Waals surface area contributed by atoms with Gasteiger partial charge in [0, 0.05) is 5.92 Å². The zero-order valence-corrected chi connectivity index (χ0v) is 11.8. The van der Waals surface area contributed by atoms with E-state index in [-0.39, 0.29) is 0 Å². The summed E-state index contributed by atoms with van der Waals surface area (Å²) in [5, 5.41) is 0. The van der Waals surface area contributed by atoms with Gasteiger partial charge in [0.2, 0.25) is 0 Å². The van der Waals surface area contributed by atoms with Crippen molar-refractivity contribution in [3.05, 3.63) is 0 Å². The third-order valence-corrected chi connectivity index (χ3v) is 2.82. The lowest BCUT2D eigenvalue weighted by molar-refractivity contribution is -0.167. The molecule has 23 heavy (non-hydrogen) atoms. The van der Waals surface area contributed by atoms with Crippen LogP contribution in [0.25, 0.3) is 0 Å². The smallest absolute Gasteiger partial charge is 0.343 e. The molecule has 2 unspecified atom stereocenters. The molecule has 0 heterocycles. The number of halogens is 8. The number of rotatable bonds is 13. The van der Waals surface area contributed by atoms with Gasteiger partial charge in [0.15, 0.2) is 0 Å². The van der Waals surface area contributed by atoms with Crippen LogP contribution in [0.1, 0.15) is 0 Å². The maximum absolute atomic E-state index is 12.5. The van der Waals surface area contributed by atoms with E-state index >= 15 is 0 Å². The van der Waals surface area contributed by atoms with Crippen molar-refractivity contribution in [1.82, 2.24) is 0 Å². The molecule has 0 spiro atoms. The van der Waals surface area contributed by atoms with E-state index in [4.69, 9.17) is 0 Å². The molecule has 0 radical (unpaired) electrons. The van der Waals surface area contributed by atoms with E-state index in [0.29, 0.717) is 0 Å². The highest BCUT2D eigenvalue weighted by atomic mass is 31.2. The van der Waals surface area contributed by atoms with Crippen LogP contribution in [0, 0.1) is 5.92 Å². The molecule has 2 atom stereocenters. The van der Waals surface area contributed by atoms with Crippen LogP contribution in [0.4, 0.5) is 35.4 Å². The van der Waals surface area contributed by atoms with Gasteiger partial charge in [-0.1, -0.05) is 9.46 Å². The number of ether oxygens (including phenoxy) is 2. The molecule has 0 saturated carbocycles. The highest BCUT2D eigenvalue weighted by molar-refractivity contribution is 7.48. The molecule has 0 N–H and O–H groups in total. The molecule has 0 aromatic carbocycles. The average molecular weight is 386 g/mol. The Bertz CT molecular complexity index is 337. The third-order valence-electron chi connectivity index (χ3n) is 2.02. The van der Waals surface area contributed by atoms with Crippen LogP contribution in [0.5, 0.6) is 0 Å². The van der Waals surface area contributed by atoms with Gasteiger partial charge < -0.3 is 9.47 Å². The van der Waals surface area contributed by atoms with Gasteiger partial charge in [0.1, 0.15) is 0 Å². The summed E-state index contributed by atoms with van der Waals surface area (Å²) in [5.74, 6) is -1.53. The van der Waals surface area contributed by atoms with E-state index in [1.54, 1.807) is 0 Å². The van der Waals surface area contributed by atoms with Crippen molar-refractivity contribution >= 4 is 7.82 Å². The lowest BCUT2D eigenvalue weighted by atomic mass is 10.2. The molecule has 0 aromatic rings. The molecule has 0 bridgehead atoms. The lowest BCUT2D eigenvalue weighted by Crippen LogP contribution is -2.29. The van der Waals surface area contributed by atoms with Crippen molar-refractivity contribution in [2.24, 2.45) is 5.92 Å². The maximum atomic E-state index is 12.5. The van der Waals surface area contributed by atoms with Crippen LogP contribution in [-0.2, 0) is 28.0 Å². The average Bonchev–Trinajstić information content (AvgIpc) is 2.52. The Kier molecular flexibility index (Phi) is 10.8. The van der Waals surface area contributed by atoms with Crippen molar-refractivity contribution in [3.8, 4) is 0 Å². The molecule has 0 aliphatic heterocycles. The zero-order chi connectivity index (χ0) is 18.0. The molecule has 0 saturated heterocycles. The maximum Gasteiger partial charge on any atom is 0.537 e. The van der Waals surface area contributed by atoms with Gasteiger partial charge in [0.25, 0.3) is 25.6 Å². The molecular formula is C8H11F8O6P. The second-order valence-corrected chi connectivity index (χ2v) is 5.21. The fraction of sp³-hybridized carbons (Fsp3) is 1.00. The minimum absolute atomic E-state index is 1.04. The van der Waals surface area contributed by atoms with E-state index in [1.165, 1.54) is 0 Å². The second kappa shape index (κ2) is 11.1. The number of phosphoric acid groups is 1. The van der Waals surface area contributed by atoms with Crippen molar-refractivity contribution in [2.45, 2.75) is 25.6 Å². The number of alkyl halides is 6. The molecule has 0 fully saturated rings. The predicted molar refractivity (Wildman–Crippen MR) is 55.1 cm³/mol. The largest absolute Gasteiger partial charge is 0.537 e. The van der Waals surface area contributed by atoms with Crippen LogP contribution in [0.3, 0.4) is 0 Å². The van der Waals surface area contributed by atoms with E-state index in [9.17, 15) is 40.0 Å². The molecule has 0 aliphatic rings. The van der Waals surface area contributed by atoms with E-state index in [2.05, 4.69) is 23.5 Å². The molecule has 0 aromatic heterocycles. The van der Waals surface area contributed by atoms with Crippen LogP contribution in [-0.4, -0.2) is 45.4 Å². The summed E-state index contributed by atoms with van der Waals surface area (Å²) in [5.41, 5.74) is 0. The molecular weight excluding hydrogens is 375 g/mol. The molecule has 6 nitrogen and oxygen atoms in total. The van der Waals surface area contributed by atoms with Crippen molar-refractivity contribution in [1.29, 1.82) is 0 Å². The van der Waals surface area contributed by atoms with Crippen molar-refractivity contribution in [2.75, 3.05) is 19.8 Å². The van der Waals surface area contributed by atoms with Gasteiger partial charge in [0.05, 0.1) is 19.8 Å². The lowest BCUT2D eigenvalue weighted by Gasteiger charge is -2.20. The predicted octanol–water partition coefficient (Wildman–Crippen LogP) is 3.68. The van der Waals surface area contributed by atoms with Gasteiger partial charge in [-0.2, -0.15) is 0 Å². The first kappa shape index (κ1) is 22.5. The standard InChI is InChI=1S/C8H11F8O6P/c9-5(10)7(13)18-1-4(2-19-8(14)6(11)12)3-20-23(17,21-15)22-16/h4-8H,1-3H2. The Morgan fingerprint density at radius 1 is 0.739 bits per heavy atom. The number of hydrogen-bond donors (Lipinski definition) is 0. The Balaban J connectivity index is 4.56. The third kappa shape index (κ3) is 9.37. The highest BCUT2D eigenvalue weighted by Gasteiger charge is 2.32. The van der Waals surface area contributed by atoms with E-state index in [0.717, 1.165) is 0 Å².